The maximum absolute atomic E-state index is 10.1. The summed E-state index contributed by atoms with van der Waals surface area (Å²) in [6, 6.07) is 4.29. The lowest BCUT2D eigenvalue weighted by atomic mass is 10.2. The van der Waals surface area contributed by atoms with Crippen LogP contribution in [0.25, 0.3) is 0 Å². The number of aliphatic hydroxyl groups excluding tert-OH is 1. The van der Waals surface area contributed by atoms with Crippen LogP contribution in [0.2, 0.25) is 0 Å². The van der Waals surface area contributed by atoms with E-state index in [1.54, 1.807) is 11.3 Å². The molecule has 2 atom stereocenters. The van der Waals surface area contributed by atoms with Gasteiger partial charge in [-0.1, -0.05) is 5.92 Å². The van der Waals surface area contributed by atoms with Gasteiger partial charge in [-0.15, -0.1) is 17.8 Å². The lowest BCUT2D eigenvalue weighted by molar-refractivity contribution is 0.00982. The summed E-state index contributed by atoms with van der Waals surface area (Å²) < 4.78 is 11.0. The van der Waals surface area contributed by atoms with Gasteiger partial charge in [-0.2, -0.15) is 0 Å². The van der Waals surface area contributed by atoms with Crippen LogP contribution >= 0.6 is 11.3 Å². The number of aryl methyl sites for hydroxylation is 1. The number of hydrogen-bond donors (Lipinski definition) is 1. The van der Waals surface area contributed by atoms with Crippen molar-refractivity contribution in [3.05, 3.63) is 21.9 Å². The molecule has 1 aliphatic rings. The molecule has 0 saturated carbocycles. The molecule has 2 heterocycles. The van der Waals surface area contributed by atoms with Gasteiger partial charge < -0.3 is 14.6 Å². The SMILES string of the molecule is C#CCOC[C@@H](O)CN(Cc1ccc(C)s1)C[C@@H]1CCCO1. The van der Waals surface area contributed by atoms with Crippen LogP contribution in [0.5, 0.6) is 0 Å². The van der Waals surface area contributed by atoms with Gasteiger partial charge in [0.2, 0.25) is 0 Å². The zero-order valence-electron chi connectivity index (χ0n) is 13.2. The fourth-order valence-corrected chi connectivity index (χ4v) is 3.61. The molecule has 0 unspecified atom stereocenters. The Morgan fingerprint density at radius 3 is 3.09 bits per heavy atom. The first-order valence-corrected chi connectivity index (χ1v) is 8.57. The van der Waals surface area contributed by atoms with E-state index in [9.17, 15) is 5.11 Å². The zero-order valence-corrected chi connectivity index (χ0v) is 14.0. The highest BCUT2D eigenvalue weighted by molar-refractivity contribution is 7.11. The van der Waals surface area contributed by atoms with Crippen molar-refractivity contribution in [1.82, 2.24) is 4.90 Å². The summed E-state index contributed by atoms with van der Waals surface area (Å²) in [4.78, 5) is 4.88. The van der Waals surface area contributed by atoms with E-state index in [-0.39, 0.29) is 19.3 Å². The van der Waals surface area contributed by atoms with Crippen molar-refractivity contribution in [2.45, 2.75) is 38.5 Å². The minimum Gasteiger partial charge on any atom is -0.389 e. The molecule has 22 heavy (non-hydrogen) atoms. The summed E-state index contributed by atoms with van der Waals surface area (Å²) in [7, 11) is 0. The molecule has 0 spiro atoms. The van der Waals surface area contributed by atoms with Gasteiger partial charge in [0.15, 0.2) is 0 Å². The van der Waals surface area contributed by atoms with Crippen molar-refractivity contribution >= 4 is 11.3 Å². The Morgan fingerprint density at radius 1 is 1.59 bits per heavy atom. The smallest absolute Gasteiger partial charge is 0.107 e. The average Bonchev–Trinajstić information content (AvgIpc) is 3.11. The van der Waals surface area contributed by atoms with E-state index in [1.807, 2.05) is 0 Å². The highest BCUT2D eigenvalue weighted by Gasteiger charge is 2.21. The average molecular weight is 323 g/mol. The first kappa shape index (κ1) is 17.5. The Labute approximate surface area is 137 Å². The molecular weight excluding hydrogens is 298 g/mol. The van der Waals surface area contributed by atoms with E-state index < -0.39 is 6.10 Å². The molecule has 122 valence electrons. The molecule has 2 rings (SSSR count). The van der Waals surface area contributed by atoms with Gasteiger partial charge in [0.25, 0.3) is 0 Å². The van der Waals surface area contributed by atoms with Gasteiger partial charge in [-0.05, 0) is 31.9 Å². The van der Waals surface area contributed by atoms with Crippen molar-refractivity contribution in [3.8, 4) is 12.3 Å². The summed E-state index contributed by atoms with van der Waals surface area (Å²) in [5.41, 5.74) is 0. The number of aliphatic hydroxyl groups is 1. The van der Waals surface area contributed by atoms with E-state index in [0.717, 1.165) is 32.5 Å². The van der Waals surface area contributed by atoms with Gasteiger partial charge in [0, 0.05) is 36.0 Å². The summed E-state index contributed by atoms with van der Waals surface area (Å²) in [6.07, 6.45) is 7.12. The fraction of sp³-hybridized carbons (Fsp3) is 0.647. The second-order valence-corrected chi connectivity index (χ2v) is 7.09. The summed E-state index contributed by atoms with van der Waals surface area (Å²) in [5.74, 6) is 2.41. The molecule has 0 aliphatic carbocycles. The second kappa shape index (κ2) is 9.29. The molecule has 1 aromatic heterocycles. The molecule has 1 aromatic rings. The zero-order chi connectivity index (χ0) is 15.8. The van der Waals surface area contributed by atoms with Crippen LogP contribution in [-0.2, 0) is 16.0 Å². The van der Waals surface area contributed by atoms with Gasteiger partial charge >= 0.3 is 0 Å². The molecule has 1 aliphatic heterocycles. The predicted octanol–water partition coefficient (Wildman–Crippen LogP) is 2.05. The maximum Gasteiger partial charge on any atom is 0.107 e. The van der Waals surface area contributed by atoms with Gasteiger partial charge in [-0.3, -0.25) is 4.90 Å². The maximum atomic E-state index is 10.1. The van der Waals surface area contributed by atoms with Crippen molar-refractivity contribution < 1.29 is 14.6 Å². The summed E-state index contributed by atoms with van der Waals surface area (Å²) in [6.45, 7) is 5.74. The number of ether oxygens (including phenoxy) is 2. The third kappa shape index (κ3) is 6.07. The third-order valence-electron chi connectivity index (χ3n) is 3.63. The first-order chi connectivity index (χ1) is 10.7. The molecule has 1 N–H and O–H groups in total. The third-order valence-corrected chi connectivity index (χ3v) is 4.61. The summed E-state index contributed by atoms with van der Waals surface area (Å²) in [5, 5.41) is 10.1. The number of thiophene rings is 1. The minimum absolute atomic E-state index is 0.243. The number of nitrogens with zero attached hydrogens (tertiary/aromatic N) is 1. The van der Waals surface area contributed by atoms with Crippen LogP contribution in [0.4, 0.5) is 0 Å². The van der Waals surface area contributed by atoms with E-state index in [1.165, 1.54) is 9.75 Å². The molecule has 1 fully saturated rings. The highest BCUT2D eigenvalue weighted by Crippen LogP contribution is 2.19. The topological polar surface area (TPSA) is 41.9 Å². The Bertz CT molecular complexity index is 476. The molecule has 0 radical (unpaired) electrons. The van der Waals surface area contributed by atoms with Crippen LogP contribution < -0.4 is 0 Å². The Morgan fingerprint density at radius 2 is 2.45 bits per heavy atom. The first-order valence-electron chi connectivity index (χ1n) is 7.76. The van der Waals surface area contributed by atoms with E-state index in [4.69, 9.17) is 15.9 Å². The van der Waals surface area contributed by atoms with Crippen molar-refractivity contribution in [3.63, 3.8) is 0 Å². The van der Waals surface area contributed by atoms with Crippen molar-refractivity contribution in [2.24, 2.45) is 0 Å². The Balaban J connectivity index is 1.87. The minimum atomic E-state index is -0.532. The standard InChI is InChI=1S/C17H25NO3S/c1-3-8-20-13-15(19)10-18(11-16-5-4-9-21-16)12-17-7-6-14(2)22-17/h1,6-7,15-16,19H,4-5,8-13H2,2H3/t15-,16-/m0/s1. The lowest BCUT2D eigenvalue weighted by Gasteiger charge is -2.26. The molecule has 5 heteroatoms. The van der Waals surface area contributed by atoms with Crippen molar-refractivity contribution in [1.29, 1.82) is 0 Å². The van der Waals surface area contributed by atoms with Gasteiger partial charge in [0.05, 0.1) is 18.8 Å². The molecule has 0 bridgehead atoms. The number of hydrogen-bond acceptors (Lipinski definition) is 5. The molecule has 0 amide bonds. The number of rotatable bonds is 9. The largest absolute Gasteiger partial charge is 0.389 e. The molecule has 4 nitrogen and oxygen atoms in total. The normalized spacial score (nSPS) is 19.5. The molecule has 0 aromatic carbocycles. The molecular formula is C17H25NO3S. The predicted molar refractivity (Wildman–Crippen MR) is 89.0 cm³/mol. The molecule has 1 saturated heterocycles. The van der Waals surface area contributed by atoms with Gasteiger partial charge in [0.1, 0.15) is 6.61 Å². The monoisotopic (exact) mass is 323 g/mol. The van der Waals surface area contributed by atoms with E-state index in [2.05, 4.69) is 29.9 Å². The Kier molecular flexibility index (Phi) is 7.37. The summed E-state index contributed by atoms with van der Waals surface area (Å²) >= 11 is 1.80. The van der Waals surface area contributed by atoms with Crippen LogP contribution in [0.3, 0.4) is 0 Å². The van der Waals surface area contributed by atoms with Crippen LogP contribution in [0.1, 0.15) is 22.6 Å². The van der Waals surface area contributed by atoms with Crippen LogP contribution in [-0.4, -0.2) is 55.1 Å². The van der Waals surface area contributed by atoms with Crippen LogP contribution in [0, 0.1) is 19.3 Å². The lowest BCUT2D eigenvalue weighted by Crippen LogP contribution is -2.39. The highest BCUT2D eigenvalue weighted by atomic mass is 32.1. The van der Waals surface area contributed by atoms with E-state index in [0.29, 0.717) is 6.54 Å². The van der Waals surface area contributed by atoms with E-state index >= 15 is 0 Å². The Hall–Kier alpha value is -0.900. The quantitative estimate of drug-likeness (QED) is 0.558. The second-order valence-electron chi connectivity index (χ2n) is 5.71. The number of terminal acetylenes is 1. The van der Waals surface area contributed by atoms with Crippen LogP contribution in [0.15, 0.2) is 12.1 Å². The van der Waals surface area contributed by atoms with Crippen molar-refractivity contribution in [2.75, 3.05) is 32.9 Å². The fourth-order valence-electron chi connectivity index (χ4n) is 2.68. The van der Waals surface area contributed by atoms with Gasteiger partial charge in [-0.25, -0.2) is 0 Å².